The van der Waals surface area contributed by atoms with Crippen LogP contribution in [0.3, 0.4) is 0 Å². The monoisotopic (exact) mass is 382 g/mol. The van der Waals surface area contributed by atoms with E-state index in [4.69, 9.17) is 0 Å². The van der Waals surface area contributed by atoms with Crippen molar-refractivity contribution in [2.45, 2.75) is 0 Å². The molecule has 0 aliphatic heterocycles. The second-order valence-corrected chi connectivity index (χ2v) is 6.53. The highest BCUT2D eigenvalue weighted by molar-refractivity contribution is 9.10. The molecule has 3 aromatic rings. The Labute approximate surface area is 137 Å². The fraction of sp³-hybridized carbons (Fsp3) is 0. The number of halogens is 3. The van der Waals surface area contributed by atoms with Gasteiger partial charge in [-0.25, -0.2) is 8.78 Å². The molecular formula is C16H9BrF2O2S. The van der Waals surface area contributed by atoms with Crippen LogP contribution in [-0.4, -0.2) is 10.2 Å². The highest BCUT2D eigenvalue weighted by Crippen LogP contribution is 2.42. The van der Waals surface area contributed by atoms with Gasteiger partial charge in [-0.1, -0.05) is 0 Å². The molecule has 0 bridgehead atoms. The van der Waals surface area contributed by atoms with Gasteiger partial charge in [0, 0.05) is 14.2 Å². The molecule has 22 heavy (non-hydrogen) atoms. The number of hydrogen-bond donors (Lipinski definition) is 2. The SMILES string of the molecule is Oc1ccc(-c2cc(Br)c(-c3ccc(O)c(F)c3)s2)cc1F. The summed E-state index contributed by atoms with van der Waals surface area (Å²) in [5, 5.41) is 18.5. The summed E-state index contributed by atoms with van der Waals surface area (Å²) in [4.78, 5) is 1.54. The van der Waals surface area contributed by atoms with E-state index in [-0.39, 0.29) is 0 Å². The summed E-state index contributed by atoms with van der Waals surface area (Å²) in [7, 11) is 0. The predicted octanol–water partition coefficient (Wildman–Crippen LogP) is 5.53. The molecule has 2 aromatic carbocycles. The molecule has 0 amide bonds. The van der Waals surface area contributed by atoms with Crippen molar-refractivity contribution < 1.29 is 19.0 Å². The molecule has 6 heteroatoms. The van der Waals surface area contributed by atoms with Gasteiger partial charge in [-0.3, -0.25) is 0 Å². The van der Waals surface area contributed by atoms with E-state index in [0.29, 0.717) is 11.1 Å². The molecule has 3 rings (SSSR count). The van der Waals surface area contributed by atoms with Crippen molar-refractivity contribution in [3.05, 3.63) is 58.6 Å². The van der Waals surface area contributed by atoms with Gasteiger partial charge in [0.05, 0.1) is 0 Å². The Morgan fingerprint density at radius 2 is 1.36 bits per heavy atom. The molecule has 1 aromatic heterocycles. The Hall–Kier alpha value is -1.92. The van der Waals surface area contributed by atoms with Crippen molar-refractivity contribution in [3.8, 4) is 32.4 Å². The number of phenols is 2. The van der Waals surface area contributed by atoms with E-state index < -0.39 is 23.1 Å². The minimum absolute atomic E-state index is 0.403. The summed E-state index contributed by atoms with van der Waals surface area (Å²) in [6.07, 6.45) is 0. The quantitative estimate of drug-likeness (QED) is 0.611. The number of hydrogen-bond acceptors (Lipinski definition) is 3. The first kappa shape index (κ1) is 15.0. The van der Waals surface area contributed by atoms with Gasteiger partial charge in [-0.15, -0.1) is 11.3 Å². The molecule has 0 saturated carbocycles. The van der Waals surface area contributed by atoms with E-state index in [2.05, 4.69) is 15.9 Å². The van der Waals surface area contributed by atoms with E-state index in [1.807, 2.05) is 0 Å². The van der Waals surface area contributed by atoms with Crippen molar-refractivity contribution in [2.24, 2.45) is 0 Å². The van der Waals surface area contributed by atoms with Crippen LogP contribution in [0.25, 0.3) is 20.9 Å². The molecule has 1 heterocycles. The molecule has 112 valence electrons. The number of aromatic hydroxyl groups is 2. The lowest BCUT2D eigenvalue weighted by Crippen LogP contribution is -1.79. The Kier molecular flexibility index (Phi) is 3.88. The normalized spacial score (nSPS) is 10.9. The van der Waals surface area contributed by atoms with Crippen molar-refractivity contribution >= 4 is 27.3 Å². The van der Waals surface area contributed by atoms with Crippen LogP contribution in [0.4, 0.5) is 8.78 Å². The van der Waals surface area contributed by atoms with E-state index >= 15 is 0 Å². The van der Waals surface area contributed by atoms with E-state index in [9.17, 15) is 19.0 Å². The molecular weight excluding hydrogens is 374 g/mol. The smallest absolute Gasteiger partial charge is 0.165 e. The van der Waals surface area contributed by atoms with Gasteiger partial charge >= 0.3 is 0 Å². The molecule has 0 aliphatic carbocycles. The van der Waals surface area contributed by atoms with Crippen LogP contribution in [0, 0.1) is 11.6 Å². The summed E-state index contributed by atoms with van der Waals surface area (Å²) in [5.74, 6) is -2.20. The Bertz CT molecular complexity index is 861. The number of rotatable bonds is 2. The molecule has 0 radical (unpaired) electrons. The zero-order valence-electron chi connectivity index (χ0n) is 11.0. The molecule has 0 unspecified atom stereocenters. The highest BCUT2D eigenvalue weighted by atomic mass is 79.9. The molecule has 2 nitrogen and oxygen atoms in total. The third-order valence-corrected chi connectivity index (χ3v) is 5.25. The van der Waals surface area contributed by atoms with Crippen LogP contribution < -0.4 is 0 Å². The van der Waals surface area contributed by atoms with Crippen molar-refractivity contribution in [1.82, 2.24) is 0 Å². The molecule has 0 atom stereocenters. The number of phenolic OH excluding ortho intramolecular Hbond substituents is 2. The Balaban J connectivity index is 2.06. The second-order valence-electron chi connectivity index (χ2n) is 4.62. The van der Waals surface area contributed by atoms with Gasteiger partial charge in [-0.05, 0) is 69.5 Å². The summed E-state index contributed by atoms with van der Waals surface area (Å²) in [6.45, 7) is 0. The third-order valence-electron chi connectivity index (χ3n) is 3.13. The van der Waals surface area contributed by atoms with E-state index in [1.54, 1.807) is 18.2 Å². The van der Waals surface area contributed by atoms with E-state index in [1.165, 1.54) is 35.6 Å². The largest absolute Gasteiger partial charge is 0.505 e. The van der Waals surface area contributed by atoms with Gasteiger partial charge < -0.3 is 10.2 Å². The van der Waals surface area contributed by atoms with Crippen LogP contribution in [0.1, 0.15) is 0 Å². The fourth-order valence-electron chi connectivity index (χ4n) is 2.02. The van der Waals surface area contributed by atoms with Crippen LogP contribution in [-0.2, 0) is 0 Å². The molecule has 0 aliphatic rings. The summed E-state index contributed by atoms with van der Waals surface area (Å²) in [5.41, 5.74) is 1.23. The maximum absolute atomic E-state index is 13.5. The van der Waals surface area contributed by atoms with Crippen LogP contribution in [0.5, 0.6) is 11.5 Å². The summed E-state index contributed by atoms with van der Waals surface area (Å²) >= 11 is 4.76. The topological polar surface area (TPSA) is 40.5 Å². The van der Waals surface area contributed by atoms with Crippen LogP contribution in [0.2, 0.25) is 0 Å². The first-order valence-electron chi connectivity index (χ1n) is 6.23. The average molecular weight is 383 g/mol. The maximum atomic E-state index is 13.5. The second kappa shape index (κ2) is 5.70. The van der Waals surface area contributed by atoms with Crippen LogP contribution >= 0.6 is 27.3 Å². The standard InChI is InChI=1S/C16H9BrF2O2S/c17-10-7-15(8-1-3-13(20)11(18)5-8)22-16(10)9-2-4-14(21)12(19)6-9/h1-7,20-21H. The van der Waals surface area contributed by atoms with Crippen molar-refractivity contribution in [3.63, 3.8) is 0 Å². The van der Waals surface area contributed by atoms with Crippen LogP contribution in [0.15, 0.2) is 46.9 Å². The maximum Gasteiger partial charge on any atom is 0.165 e. The predicted molar refractivity (Wildman–Crippen MR) is 86.1 cm³/mol. The highest BCUT2D eigenvalue weighted by Gasteiger charge is 2.13. The van der Waals surface area contributed by atoms with E-state index in [0.717, 1.165) is 14.2 Å². The lowest BCUT2D eigenvalue weighted by molar-refractivity contribution is 0.432. The summed E-state index contributed by atoms with van der Waals surface area (Å²) in [6, 6.07) is 10.1. The first-order chi connectivity index (χ1) is 10.5. The Morgan fingerprint density at radius 3 is 1.95 bits per heavy atom. The molecule has 0 fully saturated rings. The Morgan fingerprint density at radius 1 is 0.818 bits per heavy atom. The number of thiophene rings is 1. The fourth-order valence-corrected chi connectivity index (χ4v) is 3.91. The molecule has 2 N–H and O–H groups in total. The van der Waals surface area contributed by atoms with Crippen molar-refractivity contribution in [2.75, 3.05) is 0 Å². The molecule has 0 spiro atoms. The zero-order chi connectivity index (χ0) is 15.9. The van der Waals surface area contributed by atoms with Gasteiger partial charge in [0.25, 0.3) is 0 Å². The zero-order valence-corrected chi connectivity index (χ0v) is 13.4. The number of benzene rings is 2. The lowest BCUT2D eigenvalue weighted by Gasteiger charge is -2.01. The van der Waals surface area contributed by atoms with Gasteiger partial charge in [-0.2, -0.15) is 0 Å². The third kappa shape index (κ3) is 2.71. The van der Waals surface area contributed by atoms with Gasteiger partial charge in [0.15, 0.2) is 23.1 Å². The average Bonchev–Trinajstić information content (AvgIpc) is 2.87. The minimum atomic E-state index is -0.699. The van der Waals surface area contributed by atoms with Gasteiger partial charge in [0.2, 0.25) is 0 Å². The minimum Gasteiger partial charge on any atom is -0.505 e. The van der Waals surface area contributed by atoms with Crippen molar-refractivity contribution in [1.29, 1.82) is 0 Å². The first-order valence-corrected chi connectivity index (χ1v) is 7.84. The molecule has 0 saturated heterocycles. The summed E-state index contributed by atoms with van der Waals surface area (Å²) < 4.78 is 27.7. The lowest BCUT2D eigenvalue weighted by atomic mass is 10.1. The van der Waals surface area contributed by atoms with Gasteiger partial charge in [0.1, 0.15) is 0 Å².